The van der Waals surface area contributed by atoms with Gasteiger partial charge in [-0.05, 0) is 46.3 Å². The number of aliphatic hydroxyl groups is 1. The molecule has 0 fully saturated rings. The Kier molecular flexibility index (Phi) is 7.53. The van der Waals surface area contributed by atoms with Gasteiger partial charge < -0.3 is 39.4 Å². The maximum Gasteiger partial charge on any atom is 0.491 e. The minimum Gasteiger partial charge on any atom is -0.480 e. The molecule has 0 spiro atoms. The molecule has 0 aromatic heterocycles. The summed E-state index contributed by atoms with van der Waals surface area (Å²) in [5.41, 5.74) is 2.90. The molecule has 2 aliphatic heterocycles. The number of fused-ring (bicyclic) bond motifs is 2. The zero-order chi connectivity index (χ0) is 25.1. The zero-order valence-electron chi connectivity index (χ0n) is 18.8. The molecular weight excluding hydrogens is 458 g/mol. The lowest BCUT2D eigenvalue weighted by Gasteiger charge is -2.27. The second-order valence-electron chi connectivity index (χ2n) is 8.29. The number of carboxylic acid groups (broad SMARTS) is 1. The summed E-state index contributed by atoms with van der Waals surface area (Å²) in [6.07, 6.45) is 0. The third kappa shape index (κ3) is 5.39. The SMILES string of the molecule is O=C(O)CN(CCN(CCO)C(=O)c1ccc2c(c1)B(O)OC2)C(=O)c1ccc2c(c1)B(O)OC2. The van der Waals surface area contributed by atoms with Gasteiger partial charge in [0.2, 0.25) is 0 Å². The van der Waals surface area contributed by atoms with E-state index in [9.17, 15) is 34.6 Å². The van der Waals surface area contributed by atoms with Crippen molar-refractivity contribution in [3.05, 3.63) is 58.7 Å². The monoisotopic (exact) mass is 482 g/mol. The van der Waals surface area contributed by atoms with Crippen LogP contribution in [0.1, 0.15) is 31.8 Å². The topological polar surface area (TPSA) is 157 Å². The van der Waals surface area contributed by atoms with E-state index in [1.165, 1.54) is 23.1 Å². The van der Waals surface area contributed by atoms with E-state index >= 15 is 0 Å². The highest BCUT2D eigenvalue weighted by molar-refractivity contribution is 6.62. The van der Waals surface area contributed by atoms with Crippen molar-refractivity contribution >= 4 is 42.9 Å². The first-order chi connectivity index (χ1) is 16.8. The van der Waals surface area contributed by atoms with Crippen molar-refractivity contribution in [3.63, 3.8) is 0 Å². The lowest BCUT2D eigenvalue weighted by Crippen LogP contribution is -2.44. The molecule has 2 aromatic carbocycles. The molecule has 0 aliphatic carbocycles. The Balaban J connectivity index is 1.50. The van der Waals surface area contributed by atoms with Crippen molar-refractivity contribution in [2.75, 3.05) is 32.8 Å². The smallest absolute Gasteiger partial charge is 0.480 e. The van der Waals surface area contributed by atoms with Gasteiger partial charge in [-0.3, -0.25) is 14.4 Å². The number of carbonyl (C=O) groups is 3. The van der Waals surface area contributed by atoms with Crippen molar-refractivity contribution in [2.24, 2.45) is 0 Å². The Morgan fingerprint density at radius 2 is 1.29 bits per heavy atom. The van der Waals surface area contributed by atoms with E-state index in [2.05, 4.69) is 0 Å². The second kappa shape index (κ2) is 10.6. The summed E-state index contributed by atoms with van der Waals surface area (Å²) in [4.78, 5) is 40.1. The Bertz CT molecular complexity index is 1150. The maximum absolute atomic E-state index is 13.1. The summed E-state index contributed by atoms with van der Waals surface area (Å²) in [6.45, 7) is -0.658. The van der Waals surface area contributed by atoms with Crippen LogP contribution in [0.4, 0.5) is 0 Å². The third-order valence-electron chi connectivity index (χ3n) is 6.02. The van der Waals surface area contributed by atoms with Gasteiger partial charge in [0.05, 0.1) is 19.8 Å². The molecule has 4 rings (SSSR count). The van der Waals surface area contributed by atoms with Gasteiger partial charge in [-0.15, -0.1) is 0 Å². The quantitative estimate of drug-likeness (QED) is 0.291. The van der Waals surface area contributed by atoms with Crippen LogP contribution in [-0.4, -0.2) is 94.9 Å². The lowest BCUT2D eigenvalue weighted by atomic mass is 9.78. The molecule has 35 heavy (non-hydrogen) atoms. The summed E-state index contributed by atoms with van der Waals surface area (Å²) < 4.78 is 10.3. The predicted molar refractivity (Wildman–Crippen MR) is 124 cm³/mol. The first-order valence-corrected chi connectivity index (χ1v) is 11.0. The zero-order valence-corrected chi connectivity index (χ0v) is 18.8. The molecule has 0 atom stereocenters. The number of carboxylic acids is 1. The van der Waals surface area contributed by atoms with Gasteiger partial charge >= 0.3 is 20.2 Å². The van der Waals surface area contributed by atoms with Gasteiger partial charge in [0.1, 0.15) is 6.54 Å². The number of amides is 2. The van der Waals surface area contributed by atoms with Gasteiger partial charge in [-0.2, -0.15) is 0 Å². The van der Waals surface area contributed by atoms with E-state index in [4.69, 9.17) is 9.31 Å². The van der Waals surface area contributed by atoms with Crippen molar-refractivity contribution in [2.45, 2.75) is 13.2 Å². The minimum absolute atomic E-state index is 0.0353. The van der Waals surface area contributed by atoms with Crippen molar-refractivity contribution in [3.8, 4) is 0 Å². The van der Waals surface area contributed by atoms with Gasteiger partial charge in [-0.25, -0.2) is 0 Å². The summed E-state index contributed by atoms with van der Waals surface area (Å²) in [5, 5.41) is 38.7. The van der Waals surface area contributed by atoms with Crippen LogP contribution in [0.5, 0.6) is 0 Å². The molecule has 0 saturated carbocycles. The number of benzene rings is 2. The van der Waals surface area contributed by atoms with E-state index in [1.54, 1.807) is 18.2 Å². The number of nitrogens with zero attached hydrogens (tertiary/aromatic N) is 2. The number of aliphatic hydroxyl groups excluding tert-OH is 1. The molecule has 4 N–H and O–H groups in total. The Morgan fingerprint density at radius 1 is 0.800 bits per heavy atom. The fraction of sp³-hybridized carbons (Fsp3) is 0.318. The van der Waals surface area contributed by atoms with Crippen LogP contribution in [0, 0.1) is 0 Å². The normalized spacial score (nSPS) is 14.0. The molecule has 0 bridgehead atoms. The van der Waals surface area contributed by atoms with Gasteiger partial charge in [-0.1, -0.05) is 12.1 Å². The number of hydrogen-bond donors (Lipinski definition) is 4. The maximum atomic E-state index is 13.1. The standard InChI is InChI=1S/C22H24B2N2O9/c27-8-7-25(21(30)14-1-3-16-12-34-23(32)18(16)9-14)5-6-26(11-20(28)29)22(31)15-2-4-17-13-35-24(33)19(17)10-15/h1-4,9-10,27,32-33H,5-8,11-13H2,(H,28,29). The van der Waals surface area contributed by atoms with Crippen LogP contribution in [0.15, 0.2) is 36.4 Å². The number of hydrogen-bond acceptors (Lipinski definition) is 8. The molecule has 2 aromatic rings. The molecule has 2 aliphatic rings. The highest BCUT2D eigenvalue weighted by Gasteiger charge is 2.31. The van der Waals surface area contributed by atoms with Crippen LogP contribution >= 0.6 is 0 Å². The average molecular weight is 482 g/mol. The largest absolute Gasteiger partial charge is 0.491 e. The Morgan fingerprint density at radius 3 is 1.77 bits per heavy atom. The summed E-state index contributed by atoms with van der Waals surface area (Å²) in [6, 6.07) is 9.45. The van der Waals surface area contributed by atoms with Crippen LogP contribution in [-0.2, 0) is 27.3 Å². The van der Waals surface area contributed by atoms with Crippen LogP contribution in [0.25, 0.3) is 0 Å². The Labute approximate surface area is 201 Å². The van der Waals surface area contributed by atoms with E-state index in [0.29, 0.717) is 10.9 Å². The Hall–Kier alpha value is -3.22. The lowest BCUT2D eigenvalue weighted by molar-refractivity contribution is -0.137. The molecule has 2 heterocycles. The molecular formula is C22H24B2N2O9. The predicted octanol–water partition coefficient (Wildman–Crippen LogP) is -2.22. The van der Waals surface area contributed by atoms with Gasteiger partial charge in [0.15, 0.2) is 0 Å². The summed E-state index contributed by atoms with van der Waals surface area (Å²) >= 11 is 0. The van der Waals surface area contributed by atoms with Crippen molar-refractivity contribution < 1.29 is 44.0 Å². The fourth-order valence-corrected chi connectivity index (χ4v) is 4.15. The van der Waals surface area contributed by atoms with Gasteiger partial charge in [0.25, 0.3) is 11.8 Å². The highest BCUT2D eigenvalue weighted by atomic mass is 16.5. The molecule has 0 radical (unpaired) electrons. The van der Waals surface area contributed by atoms with Gasteiger partial charge in [0, 0.05) is 30.8 Å². The van der Waals surface area contributed by atoms with Crippen LogP contribution in [0.2, 0.25) is 0 Å². The summed E-state index contributed by atoms with van der Waals surface area (Å²) in [7, 11) is -2.27. The number of carbonyl (C=O) groups excluding carboxylic acids is 2. The molecule has 0 unspecified atom stereocenters. The number of aliphatic carboxylic acids is 1. The number of rotatable bonds is 9. The van der Waals surface area contributed by atoms with Crippen LogP contribution < -0.4 is 10.9 Å². The van der Waals surface area contributed by atoms with E-state index < -0.39 is 38.6 Å². The van der Waals surface area contributed by atoms with Crippen molar-refractivity contribution in [1.29, 1.82) is 0 Å². The molecule has 2 amide bonds. The summed E-state index contributed by atoms with van der Waals surface area (Å²) in [5.74, 6) is -2.25. The average Bonchev–Trinajstić information content (AvgIpc) is 3.41. The fourth-order valence-electron chi connectivity index (χ4n) is 4.15. The molecule has 11 nitrogen and oxygen atoms in total. The van der Waals surface area contributed by atoms with E-state index in [-0.39, 0.29) is 50.6 Å². The molecule has 13 heteroatoms. The first kappa shape index (κ1) is 24.9. The van der Waals surface area contributed by atoms with E-state index in [0.717, 1.165) is 16.0 Å². The minimum atomic E-state index is -1.23. The first-order valence-electron chi connectivity index (χ1n) is 11.0. The molecule has 0 saturated heterocycles. The molecule has 182 valence electrons. The van der Waals surface area contributed by atoms with Crippen molar-refractivity contribution in [1.82, 2.24) is 9.80 Å². The van der Waals surface area contributed by atoms with E-state index in [1.807, 2.05) is 0 Å². The van der Waals surface area contributed by atoms with Crippen LogP contribution in [0.3, 0.4) is 0 Å². The second-order valence-corrected chi connectivity index (χ2v) is 8.29. The third-order valence-corrected chi connectivity index (χ3v) is 6.02. The highest BCUT2D eigenvalue weighted by Crippen LogP contribution is 2.15.